The number of nitrogens with zero attached hydrogens (tertiary/aromatic N) is 4. The molecule has 0 saturated carbocycles. The molecule has 15 nitrogen and oxygen atoms in total. The predicted molar refractivity (Wildman–Crippen MR) is 218 cm³/mol. The zero-order chi connectivity index (χ0) is 40.9. The van der Waals surface area contributed by atoms with Gasteiger partial charge in [0, 0.05) is 63.3 Å². The molecular formula is C43H57N9O6. The Labute approximate surface area is 339 Å². The Hall–Kier alpha value is -5.28. The highest BCUT2D eigenvalue weighted by molar-refractivity contribution is 5.98. The quantitative estimate of drug-likeness (QED) is 0.249. The van der Waals surface area contributed by atoms with E-state index in [0.717, 1.165) is 28.5 Å². The second-order valence-electron chi connectivity index (χ2n) is 16.2. The molecule has 0 aliphatic carbocycles. The van der Waals surface area contributed by atoms with Crippen molar-refractivity contribution >= 4 is 46.3 Å². The minimum Gasteiger partial charge on any atom is -0.361 e. The lowest BCUT2D eigenvalue weighted by Gasteiger charge is -2.44. The Bertz CT molecular complexity index is 1990. The van der Waals surface area contributed by atoms with E-state index in [2.05, 4.69) is 26.4 Å². The summed E-state index contributed by atoms with van der Waals surface area (Å²) in [7, 11) is 1.56. The third kappa shape index (κ3) is 8.60. The summed E-state index contributed by atoms with van der Waals surface area (Å²) >= 11 is 0. The standard InChI is InChI=1S/C43H57N9O6/c1-4-27(2)37-43(58)51-20-11-10-17-35(51)42(57)52-22-19-44-26-36(52)41(56)49(3)48-33(23-28-13-6-5-7-14-28)40(55)50-21-12-18-34(50)39(54)46-32(38(53)47-37)24-29-25-45-31-16-9-8-15-30(29)31/h5-9,13-16,25,27,32-37,44-45,48H,4,10-12,17-24,26H2,1-3H3,(H,46,54)(H,47,53)/t27-,32+,33+,34-,35+,36-,37-/m0/s1. The number of hydrazine groups is 1. The van der Waals surface area contributed by atoms with E-state index in [1.54, 1.807) is 21.7 Å². The molecule has 7 rings (SSSR count). The van der Waals surface area contributed by atoms with Crippen molar-refractivity contribution < 1.29 is 28.8 Å². The number of fused-ring (bicyclic) bond motifs is 4. The fourth-order valence-corrected chi connectivity index (χ4v) is 9.01. The highest BCUT2D eigenvalue weighted by Gasteiger charge is 2.45. The summed E-state index contributed by atoms with van der Waals surface area (Å²) in [5.41, 5.74) is 5.72. The Morgan fingerprint density at radius 3 is 2.19 bits per heavy atom. The van der Waals surface area contributed by atoms with E-state index in [9.17, 15) is 28.8 Å². The summed E-state index contributed by atoms with van der Waals surface area (Å²) in [5, 5.41) is 11.5. The summed E-state index contributed by atoms with van der Waals surface area (Å²) in [4.78, 5) is 95.4. The molecule has 3 aromatic rings. The normalized spacial score (nSPS) is 27.6. The molecule has 2 aromatic carbocycles. The van der Waals surface area contributed by atoms with Crippen LogP contribution < -0.4 is 21.4 Å². The molecule has 310 valence electrons. The van der Waals surface area contributed by atoms with Crippen molar-refractivity contribution in [2.45, 2.75) is 101 Å². The van der Waals surface area contributed by atoms with Crippen molar-refractivity contribution in [2.75, 3.05) is 39.8 Å². The lowest BCUT2D eigenvalue weighted by molar-refractivity contribution is -0.156. The number of aromatic nitrogens is 1. The van der Waals surface area contributed by atoms with Crippen LogP contribution in [0.25, 0.3) is 10.9 Å². The summed E-state index contributed by atoms with van der Waals surface area (Å²) in [6.45, 7) is 5.43. The van der Waals surface area contributed by atoms with Crippen LogP contribution in [0.1, 0.15) is 63.5 Å². The van der Waals surface area contributed by atoms with Gasteiger partial charge >= 0.3 is 0 Å². The van der Waals surface area contributed by atoms with Crippen LogP contribution >= 0.6 is 0 Å². The van der Waals surface area contributed by atoms with Gasteiger partial charge in [-0.3, -0.25) is 33.8 Å². The monoisotopic (exact) mass is 795 g/mol. The van der Waals surface area contributed by atoms with E-state index in [1.165, 1.54) is 5.01 Å². The number of hydrogen-bond donors (Lipinski definition) is 5. The molecule has 4 aliphatic rings. The second kappa shape index (κ2) is 18.1. The van der Waals surface area contributed by atoms with Crippen LogP contribution in [0.15, 0.2) is 60.8 Å². The first-order chi connectivity index (χ1) is 28.0. The maximum absolute atomic E-state index is 14.7. The molecule has 0 radical (unpaired) electrons. The van der Waals surface area contributed by atoms with Crippen molar-refractivity contribution in [1.82, 2.24) is 46.1 Å². The molecule has 0 unspecified atom stereocenters. The Balaban J connectivity index is 1.29. The molecule has 4 fully saturated rings. The average Bonchev–Trinajstić information content (AvgIpc) is 3.92. The van der Waals surface area contributed by atoms with Crippen molar-refractivity contribution in [3.8, 4) is 0 Å². The number of nitrogens with one attached hydrogen (secondary N) is 5. The first kappa shape index (κ1) is 40.9. The van der Waals surface area contributed by atoms with Gasteiger partial charge in [-0.1, -0.05) is 68.8 Å². The molecule has 5 heterocycles. The third-order valence-electron chi connectivity index (χ3n) is 12.5. The van der Waals surface area contributed by atoms with Crippen molar-refractivity contribution in [3.63, 3.8) is 0 Å². The summed E-state index contributed by atoms with van der Waals surface area (Å²) < 4.78 is 0. The van der Waals surface area contributed by atoms with Crippen LogP contribution in [-0.4, -0.2) is 136 Å². The minimum atomic E-state index is -1.09. The van der Waals surface area contributed by atoms with Gasteiger partial charge in [-0.25, -0.2) is 5.43 Å². The van der Waals surface area contributed by atoms with Gasteiger partial charge in [0.1, 0.15) is 36.3 Å². The molecule has 0 spiro atoms. The van der Waals surface area contributed by atoms with Gasteiger partial charge in [-0.2, -0.15) is 0 Å². The molecule has 4 saturated heterocycles. The maximum atomic E-state index is 14.7. The highest BCUT2D eigenvalue weighted by atomic mass is 16.2. The molecule has 58 heavy (non-hydrogen) atoms. The van der Waals surface area contributed by atoms with Gasteiger partial charge in [-0.15, -0.1) is 0 Å². The summed E-state index contributed by atoms with van der Waals surface area (Å²) in [5.74, 6) is -2.72. The number of rotatable bonds is 6. The zero-order valence-electron chi connectivity index (χ0n) is 33.7. The number of hydrogen-bond acceptors (Lipinski definition) is 8. The number of aromatic amines is 1. The number of carbonyl (C=O) groups excluding carboxylic acids is 6. The van der Waals surface area contributed by atoms with Crippen LogP contribution in [0.4, 0.5) is 0 Å². The smallest absolute Gasteiger partial charge is 0.260 e. The van der Waals surface area contributed by atoms with Crippen molar-refractivity contribution in [1.29, 1.82) is 0 Å². The number of H-pyrrole nitrogens is 1. The number of benzene rings is 2. The minimum absolute atomic E-state index is 0.129. The molecule has 0 bridgehead atoms. The van der Waals surface area contributed by atoms with Crippen LogP contribution in [0.2, 0.25) is 0 Å². The van der Waals surface area contributed by atoms with Gasteiger partial charge < -0.3 is 35.6 Å². The predicted octanol–water partition coefficient (Wildman–Crippen LogP) is 1.49. The maximum Gasteiger partial charge on any atom is 0.260 e. The molecular weight excluding hydrogens is 739 g/mol. The van der Waals surface area contributed by atoms with Crippen molar-refractivity contribution in [3.05, 3.63) is 71.9 Å². The lowest BCUT2D eigenvalue weighted by atomic mass is 9.93. The largest absolute Gasteiger partial charge is 0.361 e. The Kier molecular flexibility index (Phi) is 12.8. The van der Waals surface area contributed by atoms with Crippen LogP contribution in [0.5, 0.6) is 0 Å². The summed E-state index contributed by atoms with van der Waals surface area (Å²) in [6, 6.07) is 11.6. The molecule has 6 amide bonds. The number of amides is 6. The van der Waals surface area contributed by atoms with E-state index in [0.29, 0.717) is 51.7 Å². The van der Waals surface area contributed by atoms with Gasteiger partial charge in [0.05, 0.1) is 0 Å². The van der Waals surface area contributed by atoms with Gasteiger partial charge in [0.25, 0.3) is 5.91 Å². The van der Waals surface area contributed by atoms with Crippen LogP contribution in [-0.2, 0) is 41.6 Å². The number of piperazine rings is 1. The van der Waals surface area contributed by atoms with Gasteiger partial charge in [-0.05, 0) is 61.6 Å². The Morgan fingerprint density at radius 2 is 1.40 bits per heavy atom. The Morgan fingerprint density at radius 1 is 0.690 bits per heavy atom. The number of carbonyl (C=O) groups is 6. The highest BCUT2D eigenvalue weighted by Crippen LogP contribution is 2.26. The molecule has 15 heteroatoms. The first-order valence-corrected chi connectivity index (χ1v) is 20.9. The van der Waals surface area contributed by atoms with E-state index < -0.39 is 54.0 Å². The van der Waals surface area contributed by atoms with E-state index in [4.69, 9.17) is 0 Å². The SMILES string of the molecule is CC[C@H](C)[C@@H]1NC(=O)[C@@H](Cc2c[nH]c3ccccc23)NC(=O)[C@@H]2CCCN2C(=O)[C@@H](Cc2ccccc2)NN(C)C(=O)[C@@H]2CNCCN2C(=O)[C@H]2CCCCN2C1=O. The van der Waals surface area contributed by atoms with Gasteiger partial charge in [0.2, 0.25) is 29.5 Å². The fraction of sp³-hybridized carbons (Fsp3) is 0.535. The molecule has 1 aromatic heterocycles. The van der Waals surface area contributed by atoms with E-state index >= 15 is 0 Å². The second-order valence-corrected chi connectivity index (χ2v) is 16.2. The third-order valence-corrected chi connectivity index (χ3v) is 12.5. The van der Waals surface area contributed by atoms with Crippen LogP contribution in [0, 0.1) is 5.92 Å². The van der Waals surface area contributed by atoms with Crippen molar-refractivity contribution in [2.24, 2.45) is 5.92 Å². The zero-order valence-corrected chi connectivity index (χ0v) is 33.7. The molecule has 4 aliphatic heterocycles. The number of likely N-dealkylation sites (N-methyl/N-ethyl adjacent to an activating group) is 1. The van der Waals surface area contributed by atoms with E-state index in [-0.39, 0.29) is 49.6 Å². The fourth-order valence-electron chi connectivity index (χ4n) is 9.01. The number of piperidine rings is 1. The molecule has 7 atom stereocenters. The first-order valence-electron chi connectivity index (χ1n) is 20.9. The summed E-state index contributed by atoms with van der Waals surface area (Å²) in [6.07, 6.45) is 5.57. The lowest BCUT2D eigenvalue weighted by Crippen LogP contribution is -2.66. The average molecular weight is 796 g/mol. The van der Waals surface area contributed by atoms with Crippen LogP contribution in [0.3, 0.4) is 0 Å². The molecule has 5 N–H and O–H groups in total. The number of para-hydroxylation sites is 1. The van der Waals surface area contributed by atoms with Gasteiger partial charge in [0.15, 0.2) is 0 Å². The van der Waals surface area contributed by atoms with E-state index in [1.807, 2.05) is 74.6 Å². The topological polar surface area (TPSA) is 179 Å².